The van der Waals surface area contributed by atoms with Crippen molar-refractivity contribution in [1.29, 1.82) is 0 Å². The highest BCUT2D eigenvalue weighted by molar-refractivity contribution is 8.15. The number of pyridine rings is 2. The number of nitrogens with zero attached hydrogens (tertiary/aromatic N) is 4. The smallest absolute Gasteiger partial charge is 0.322 e. The molecule has 2 unspecified atom stereocenters. The summed E-state index contributed by atoms with van der Waals surface area (Å²) in [4.78, 5) is 81.3. The number of imide groups is 2. The number of carbonyl (C=O) groups excluding carboxylic acids is 6. The first-order valence-corrected chi connectivity index (χ1v) is 20.1. The molecule has 0 bridgehead atoms. The number of rotatable bonds is 15. The van der Waals surface area contributed by atoms with Gasteiger partial charge in [-0.05, 0) is 84.5 Å². The third-order valence-electron chi connectivity index (χ3n) is 8.67. The summed E-state index contributed by atoms with van der Waals surface area (Å²) in [5, 5.41) is 8.67. The fraction of sp³-hybridized carbons (Fsp3) is 0.300. The van der Waals surface area contributed by atoms with Crippen LogP contribution in [0.1, 0.15) is 23.6 Å². The highest BCUT2D eigenvalue weighted by Crippen LogP contribution is 2.25. The van der Waals surface area contributed by atoms with Crippen molar-refractivity contribution in [2.24, 2.45) is 0 Å². The number of aromatic nitrogens is 2. The molecule has 2 saturated heterocycles. The number of urea groups is 2. The van der Waals surface area contributed by atoms with Gasteiger partial charge in [-0.3, -0.25) is 40.4 Å². The molecule has 0 saturated carbocycles. The Morgan fingerprint density at radius 2 is 1.14 bits per heavy atom. The van der Waals surface area contributed by atoms with E-state index in [0.29, 0.717) is 62.3 Å². The first-order chi connectivity index (χ1) is 27.9. The monoisotopic (exact) mass is 828 g/mol. The molecule has 2 atom stereocenters. The molecule has 2 aromatic heterocycles. The normalized spacial score (nSPS) is 15.7. The molecule has 4 heterocycles. The van der Waals surface area contributed by atoms with Gasteiger partial charge in [0.15, 0.2) is 0 Å². The Kier molecular flexibility index (Phi) is 15.9. The molecule has 2 aromatic carbocycles. The van der Waals surface area contributed by atoms with Gasteiger partial charge in [-0.25, -0.2) is 19.6 Å². The molecule has 4 N–H and O–H groups in total. The zero-order valence-electron chi connectivity index (χ0n) is 32.1. The lowest BCUT2D eigenvalue weighted by molar-refractivity contribution is -0.119. The van der Waals surface area contributed by atoms with Crippen LogP contribution in [0.4, 0.5) is 30.8 Å². The van der Waals surface area contributed by atoms with Crippen LogP contribution in [0, 0.1) is 0 Å². The van der Waals surface area contributed by atoms with Crippen molar-refractivity contribution >= 4 is 69.5 Å². The van der Waals surface area contributed by atoms with E-state index in [4.69, 9.17) is 9.47 Å². The van der Waals surface area contributed by atoms with E-state index < -0.39 is 0 Å². The number of likely N-dealkylation sites (N-methyl/N-ethyl adjacent to an activating group) is 2. The van der Waals surface area contributed by atoms with E-state index in [1.54, 1.807) is 44.7 Å². The second-order valence-electron chi connectivity index (χ2n) is 13.0. The van der Waals surface area contributed by atoms with Crippen molar-refractivity contribution in [2.45, 2.75) is 36.7 Å². The number of carbonyl (C=O) groups is 6. The van der Waals surface area contributed by atoms with Crippen LogP contribution in [-0.4, -0.2) is 105 Å². The Bertz CT molecular complexity index is 2060. The maximum atomic E-state index is 12.3. The lowest BCUT2D eigenvalue weighted by atomic mass is 10.1. The van der Waals surface area contributed by atoms with E-state index in [1.807, 2.05) is 67.6 Å². The minimum atomic E-state index is -0.385. The number of ether oxygens (including phenoxy) is 2. The molecule has 0 radical (unpaired) electrons. The summed E-state index contributed by atoms with van der Waals surface area (Å²) in [5.41, 5.74) is 3.00. The molecule has 4 aromatic rings. The van der Waals surface area contributed by atoms with Crippen LogP contribution in [0.2, 0.25) is 0 Å². The molecule has 0 aliphatic carbocycles. The Balaban J connectivity index is 0.000000221. The average molecular weight is 829 g/mol. The zero-order valence-corrected chi connectivity index (χ0v) is 33.8. The van der Waals surface area contributed by atoms with Gasteiger partial charge in [0, 0.05) is 26.5 Å². The number of amides is 8. The number of aryl methyl sites for hydroxylation is 1. The predicted octanol–water partition coefficient (Wildman–Crippen LogP) is 5.60. The Labute approximate surface area is 344 Å². The minimum Gasteiger partial charge on any atom is -0.492 e. The third kappa shape index (κ3) is 13.5. The van der Waals surface area contributed by atoms with E-state index in [9.17, 15) is 28.8 Å². The van der Waals surface area contributed by atoms with Crippen LogP contribution in [0.15, 0.2) is 91.3 Å². The molecule has 58 heavy (non-hydrogen) atoms. The van der Waals surface area contributed by atoms with Crippen LogP contribution in [-0.2, 0) is 28.9 Å². The summed E-state index contributed by atoms with van der Waals surface area (Å²) in [6.45, 7) is 3.52. The number of thioether (sulfide) groups is 2. The molecule has 16 nitrogen and oxygen atoms in total. The Hall–Kier alpha value is -6.14. The summed E-state index contributed by atoms with van der Waals surface area (Å²) in [6.07, 6.45) is 5.13. The van der Waals surface area contributed by atoms with Crippen molar-refractivity contribution in [3.8, 4) is 11.5 Å². The van der Waals surface area contributed by atoms with Crippen molar-refractivity contribution in [3.63, 3.8) is 0 Å². The van der Waals surface area contributed by atoms with Gasteiger partial charge >= 0.3 is 12.1 Å². The largest absolute Gasteiger partial charge is 0.492 e. The maximum Gasteiger partial charge on any atom is 0.322 e. The zero-order chi connectivity index (χ0) is 41.4. The molecular weight excluding hydrogens is 785 g/mol. The summed E-state index contributed by atoms with van der Waals surface area (Å²) in [7, 11) is 3.37. The van der Waals surface area contributed by atoms with E-state index in [2.05, 4.69) is 31.2 Å². The van der Waals surface area contributed by atoms with Gasteiger partial charge in [0.25, 0.3) is 10.5 Å². The number of benzene rings is 2. The number of anilines is 2. The lowest BCUT2D eigenvalue weighted by Gasteiger charge is -2.18. The second kappa shape index (κ2) is 21.4. The summed E-state index contributed by atoms with van der Waals surface area (Å²) in [6, 6.07) is 23.3. The SMILES string of the molecule is CCc1ccnc(NC(=O)N(C)CCOc2ccc(CC3SC(=O)NC3=O)cc2)c1.CN(CCOc1ccc(CC2SC(=O)NC2=O)cc1)C(=O)Nc1ccccn1. The third-order valence-corrected chi connectivity index (χ3v) is 10.6. The van der Waals surface area contributed by atoms with Gasteiger partial charge < -0.3 is 19.3 Å². The highest BCUT2D eigenvalue weighted by Gasteiger charge is 2.32. The molecule has 304 valence electrons. The Morgan fingerprint density at radius 1 is 0.655 bits per heavy atom. The van der Waals surface area contributed by atoms with Crippen molar-refractivity contribution < 1.29 is 38.2 Å². The molecule has 18 heteroatoms. The highest BCUT2D eigenvalue weighted by atomic mass is 32.2. The molecule has 2 aliphatic heterocycles. The first kappa shape index (κ1) is 43.0. The van der Waals surface area contributed by atoms with Crippen molar-refractivity contribution in [1.82, 2.24) is 30.4 Å². The molecule has 6 rings (SSSR count). The van der Waals surface area contributed by atoms with Crippen molar-refractivity contribution in [3.05, 3.63) is 108 Å². The van der Waals surface area contributed by atoms with E-state index >= 15 is 0 Å². The molecular formula is C40H44N8O8S2. The molecule has 0 spiro atoms. The topological polar surface area (TPSA) is 201 Å². The number of hydrogen-bond donors (Lipinski definition) is 4. The summed E-state index contributed by atoms with van der Waals surface area (Å²) < 4.78 is 11.4. The fourth-order valence-electron chi connectivity index (χ4n) is 5.34. The molecule has 8 amide bonds. The fourth-order valence-corrected chi connectivity index (χ4v) is 7.06. The molecule has 2 fully saturated rings. The molecule has 2 aliphatic rings. The van der Waals surface area contributed by atoms with Crippen molar-refractivity contribution in [2.75, 3.05) is 51.0 Å². The van der Waals surface area contributed by atoms with Crippen LogP contribution in [0.3, 0.4) is 0 Å². The second-order valence-corrected chi connectivity index (χ2v) is 15.3. The predicted molar refractivity (Wildman–Crippen MR) is 222 cm³/mol. The number of hydrogen-bond acceptors (Lipinski definition) is 12. The first-order valence-electron chi connectivity index (χ1n) is 18.3. The van der Waals surface area contributed by atoms with E-state index in [0.717, 1.165) is 46.6 Å². The van der Waals surface area contributed by atoms with Gasteiger partial charge in [-0.15, -0.1) is 0 Å². The maximum absolute atomic E-state index is 12.3. The van der Waals surface area contributed by atoms with Crippen LogP contribution in [0.5, 0.6) is 11.5 Å². The van der Waals surface area contributed by atoms with Crippen LogP contribution in [0.25, 0.3) is 0 Å². The van der Waals surface area contributed by atoms with Crippen LogP contribution >= 0.6 is 23.5 Å². The summed E-state index contributed by atoms with van der Waals surface area (Å²) in [5.74, 6) is 1.86. The summed E-state index contributed by atoms with van der Waals surface area (Å²) >= 11 is 2.03. The Morgan fingerprint density at radius 3 is 1.57 bits per heavy atom. The van der Waals surface area contributed by atoms with Gasteiger partial charge in [-0.1, -0.05) is 60.8 Å². The number of nitrogens with one attached hydrogen (secondary N) is 4. The van der Waals surface area contributed by atoms with Gasteiger partial charge in [0.1, 0.15) is 36.3 Å². The van der Waals surface area contributed by atoms with Crippen LogP contribution < -0.4 is 30.7 Å². The van der Waals surface area contributed by atoms with Gasteiger partial charge in [0.05, 0.1) is 23.6 Å². The minimum absolute atomic E-state index is 0.247. The standard InChI is InChI=1S/C21H24N4O4S.C19H20N4O4S/c1-3-14-8-9-22-18(13-14)23-20(27)25(2)10-11-29-16-6-4-15(5-7-16)12-17-19(26)24-21(28)30-17;1-23(18(25)21-16-4-2-3-9-20-16)10-11-27-14-7-5-13(6-8-14)12-15-17(24)22-19(26)28-15/h4-9,13,17H,3,10-12H2,1-2H3,(H,22,23,27)(H,24,26,28);2-9,15H,10-12H2,1H3,(H,20,21,25)(H,22,24,26). The van der Waals surface area contributed by atoms with E-state index in [-0.39, 0.29) is 44.9 Å². The quantitative estimate of drug-likeness (QED) is 0.116. The van der Waals surface area contributed by atoms with Gasteiger partial charge in [-0.2, -0.15) is 0 Å². The lowest BCUT2D eigenvalue weighted by Crippen LogP contribution is -2.34. The van der Waals surface area contributed by atoms with E-state index in [1.165, 1.54) is 9.80 Å². The van der Waals surface area contributed by atoms with Gasteiger partial charge in [0.2, 0.25) is 11.8 Å². The average Bonchev–Trinajstić information content (AvgIpc) is 3.72.